The highest BCUT2D eigenvalue weighted by atomic mass is 35.5. The van der Waals surface area contributed by atoms with Crippen LogP contribution in [0.3, 0.4) is 0 Å². The summed E-state index contributed by atoms with van der Waals surface area (Å²) in [4.78, 5) is 31.8. The molecule has 1 atom stereocenters. The van der Waals surface area contributed by atoms with Crippen molar-refractivity contribution >= 4 is 29.1 Å². The smallest absolute Gasteiger partial charge is 0.347 e. The number of nitriles is 1. The number of tetrazole rings is 1. The van der Waals surface area contributed by atoms with E-state index in [0.717, 1.165) is 9.48 Å². The third kappa shape index (κ3) is 6.39. The summed E-state index contributed by atoms with van der Waals surface area (Å²) in [5.41, 5.74) is 0.206. The number of nitrogens with one attached hydrogen (secondary N) is 2. The average Bonchev–Trinajstić information content (AvgIpc) is 3.57. The summed E-state index contributed by atoms with van der Waals surface area (Å²) in [7, 11) is 0. The molecule has 0 fully saturated rings. The second-order valence-corrected chi connectivity index (χ2v) is 10.7. The first-order valence-electron chi connectivity index (χ1n) is 12.3. The zero-order valence-electron chi connectivity index (χ0n) is 22.9. The van der Waals surface area contributed by atoms with E-state index >= 15 is 0 Å². The zero-order chi connectivity index (χ0) is 31.0. The number of alkyl halides is 3. The van der Waals surface area contributed by atoms with Gasteiger partial charge >= 0.3 is 6.18 Å². The number of benzene rings is 1. The molecule has 0 saturated carbocycles. The molecule has 0 bridgehead atoms. The minimum Gasteiger partial charge on any atom is -0.347 e. The summed E-state index contributed by atoms with van der Waals surface area (Å²) in [6.07, 6.45) is -3.39. The largest absolute Gasteiger partial charge is 0.455 e. The SMILES string of the molecule is Cc1cc(C#N)cc(C(=O)NC(C)(C)C)c1NC(=O)c1cc(C(C)n2nnc(C(F)(F)F)n2)nn1-c1ncccc1Cl. The van der Waals surface area contributed by atoms with Crippen molar-refractivity contribution in [3.63, 3.8) is 0 Å². The monoisotopic (exact) mass is 600 g/mol. The molecule has 16 heteroatoms. The van der Waals surface area contributed by atoms with E-state index in [1.165, 1.54) is 37.4 Å². The molecule has 2 N–H and O–H groups in total. The van der Waals surface area contributed by atoms with Gasteiger partial charge in [0.15, 0.2) is 5.82 Å². The molecule has 4 aromatic rings. The van der Waals surface area contributed by atoms with Gasteiger partial charge in [0.2, 0.25) is 0 Å². The number of rotatable bonds is 6. The van der Waals surface area contributed by atoms with Gasteiger partial charge in [-0.05, 0) is 75.7 Å². The van der Waals surface area contributed by atoms with Gasteiger partial charge in [-0.25, -0.2) is 9.67 Å². The van der Waals surface area contributed by atoms with Gasteiger partial charge in [0.05, 0.1) is 33.6 Å². The van der Waals surface area contributed by atoms with Crippen molar-refractivity contribution in [2.45, 2.75) is 52.4 Å². The number of anilines is 1. The van der Waals surface area contributed by atoms with E-state index < -0.39 is 35.4 Å². The second-order valence-electron chi connectivity index (χ2n) is 10.3. The van der Waals surface area contributed by atoms with Crippen LogP contribution in [0.1, 0.15) is 77.2 Å². The van der Waals surface area contributed by atoms with Crippen LogP contribution in [0.25, 0.3) is 5.82 Å². The molecule has 218 valence electrons. The lowest BCUT2D eigenvalue weighted by molar-refractivity contribution is -0.145. The number of pyridine rings is 1. The number of nitrogens with zero attached hydrogens (tertiary/aromatic N) is 8. The van der Waals surface area contributed by atoms with E-state index in [0.29, 0.717) is 5.56 Å². The molecule has 0 saturated heterocycles. The number of aromatic nitrogens is 7. The molecule has 42 heavy (non-hydrogen) atoms. The van der Waals surface area contributed by atoms with Gasteiger partial charge in [-0.15, -0.1) is 10.2 Å². The molecular weight excluding hydrogens is 577 g/mol. The normalized spacial score (nSPS) is 12.5. The lowest BCUT2D eigenvalue weighted by Crippen LogP contribution is -2.41. The summed E-state index contributed by atoms with van der Waals surface area (Å²) >= 11 is 6.34. The Balaban J connectivity index is 1.80. The molecule has 3 aromatic heterocycles. The van der Waals surface area contributed by atoms with Crippen LogP contribution in [0, 0.1) is 18.3 Å². The van der Waals surface area contributed by atoms with E-state index in [1.807, 2.05) is 6.07 Å². The highest BCUT2D eigenvalue weighted by Gasteiger charge is 2.37. The van der Waals surface area contributed by atoms with Gasteiger partial charge in [-0.1, -0.05) is 11.6 Å². The number of aryl methyl sites for hydroxylation is 1. The van der Waals surface area contributed by atoms with Gasteiger partial charge in [0, 0.05) is 11.7 Å². The van der Waals surface area contributed by atoms with Crippen molar-refractivity contribution in [1.29, 1.82) is 5.26 Å². The first-order chi connectivity index (χ1) is 19.6. The third-order valence-electron chi connectivity index (χ3n) is 5.79. The van der Waals surface area contributed by atoms with E-state index in [9.17, 15) is 28.0 Å². The third-order valence-corrected chi connectivity index (χ3v) is 6.09. The fourth-order valence-electron chi connectivity index (χ4n) is 3.86. The molecule has 0 spiro atoms. The summed E-state index contributed by atoms with van der Waals surface area (Å²) in [5.74, 6) is -2.64. The standard InChI is InChI=1S/C26H24ClF3N10O2/c1-13-9-15(12-31)10-16(22(41)34-25(3,4)5)20(13)33-23(42)19-11-18(36-39(19)21-17(27)7-6-8-32-21)14(2)40-37-24(35-38-40)26(28,29)30/h6-11,14H,1-5H3,(H,33,42)(H,34,41). The molecule has 3 heterocycles. The summed E-state index contributed by atoms with van der Waals surface area (Å²) < 4.78 is 40.3. The van der Waals surface area contributed by atoms with Crippen molar-refractivity contribution in [1.82, 2.24) is 40.3 Å². The molecule has 0 aliphatic carbocycles. The summed E-state index contributed by atoms with van der Waals surface area (Å²) in [5, 5.41) is 29.4. The maximum atomic E-state index is 13.8. The second kappa shape index (κ2) is 11.2. The number of carbonyl (C=O) groups is 2. The highest BCUT2D eigenvalue weighted by Crippen LogP contribution is 2.29. The fraction of sp³-hybridized carbons (Fsp3) is 0.308. The van der Waals surface area contributed by atoms with Crippen LogP contribution in [-0.4, -0.2) is 52.3 Å². The van der Waals surface area contributed by atoms with Crippen LogP contribution >= 0.6 is 11.6 Å². The molecule has 4 rings (SSSR count). The Morgan fingerprint density at radius 3 is 2.43 bits per heavy atom. The van der Waals surface area contributed by atoms with E-state index in [-0.39, 0.29) is 39.0 Å². The van der Waals surface area contributed by atoms with Gasteiger partial charge in [0.1, 0.15) is 11.7 Å². The Bertz CT molecular complexity index is 1720. The predicted octanol–water partition coefficient (Wildman–Crippen LogP) is 4.50. The number of halogens is 4. The number of hydrogen-bond donors (Lipinski definition) is 2. The quantitative estimate of drug-likeness (QED) is 0.328. The molecule has 0 aliphatic rings. The average molecular weight is 601 g/mol. The van der Waals surface area contributed by atoms with Crippen LogP contribution in [0.4, 0.5) is 18.9 Å². The van der Waals surface area contributed by atoms with Crippen LogP contribution in [0.15, 0.2) is 36.5 Å². The number of carbonyl (C=O) groups excluding carboxylic acids is 2. The molecular formula is C26H24ClF3N10O2. The lowest BCUT2D eigenvalue weighted by Gasteiger charge is -2.22. The summed E-state index contributed by atoms with van der Waals surface area (Å²) in [6.45, 7) is 8.44. The van der Waals surface area contributed by atoms with Crippen molar-refractivity contribution in [3.05, 3.63) is 75.5 Å². The Morgan fingerprint density at radius 2 is 1.83 bits per heavy atom. The topological polar surface area (TPSA) is 156 Å². The van der Waals surface area contributed by atoms with Crippen molar-refractivity contribution in [2.24, 2.45) is 0 Å². The Morgan fingerprint density at radius 1 is 1.12 bits per heavy atom. The van der Waals surface area contributed by atoms with E-state index in [2.05, 4.69) is 36.1 Å². The van der Waals surface area contributed by atoms with Crippen LogP contribution < -0.4 is 10.6 Å². The molecule has 1 aromatic carbocycles. The predicted molar refractivity (Wildman–Crippen MR) is 144 cm³/mol. The van der Waals surface area contributed by atoms with E-state index in [4.69, 9.17) is 11.6 Å². The van der Waals surface area contributed by atoms with Crippen molar-refractivity contribution in [2.75, 3.05) is 5.32 Å². The minimum absolute atomic E-state index is 0.0526. The van der Waals surface area contributed by atoms with Crippen LogP contribution in [0.2, 0.25) is 5.02 Å². The van der Waals surface area contributed by atoms with Gasteiger partial charge < -0.3 is 10.6 Å². The molecule has 12 nitrogen and oxygen atoms in total. The van der Waals surface area contributed by atoms with Crippen LogP contribution in [-0.2, 0) is 6.18 Å². The minimum atomic E-state index is -4.81. The van der Waals surface area contributed by atoms with Crippen LogP contribution in [0.5, 0.6) is 0 Å². The maximum absolute atomic E-state index is 13.8. The maximum Gasteiger partial charge on any atom is 0.455 e. The van der Waals surface area contributed by atoms with Gasteiger partial charge in [-0.2, -0.15) is 28.3 Å². The zero-order valence-corrected chi connectivity index (χ0v) is 23.7. The molecule has 0 radical (unpaired) electrons. The molecule has 0 aliphatic heterocycles. The highest BCUT2D eigenvalue weighted by molar-refractivity contribution is 6.32. The Labute approximate surface area is 242 Å². The Kier molecular flexibility index (Phi) is 8.04. The first kappa shape index (κ1) is 30.1. The van der Waals surface area contributed by atoms with Gasteiger partial charge in [0.25, 0.3) is 17.6 Å². The molecule has 2 amide bonds. The van der Waals surface area contributed by atoms with E-state index in [1.54, 1.807) is 33.8 Å². The molecule has 1 unspecified atom stereocenters. The van der Waals surface area contributed by atoms with Crippen molar-refractivity contribution in [3.8, 4) is 11.9 Å². The Hall–Kier alpha value is -4.84. The lowest BCUT2D eigenvalue weighted by atomic mass is 10.0. The first-order valence-corrected chi connectivity index (χ1v) is 12.7. The number of amides is 2. The number of hydrogen-bond acceptors (Lipinski definition) is 8. The van der Waals surface area contributed by atoms with Gasteiger partial charge in [-0.3, -0.25) is 9.59 Å². The van der Waals surface area contributed by atoms with Crippen molar-refractivity contribution < 1.29 is 22.8 Å². The summed E-state index contributed by atoms with van der Waals surface area (Å²) in [6, 6.07) is 8.28. The fourth-order valence-corrected chi connectivity index (χ4v) is 4.06.